The highest BCUT2D eigenvalue weighted by Crippen LogP contribution is 2.21. The van der Waals surface area contributed by atoms with Crippen LogP contribution in [0.2, 0.25) is 0 Å². The Labute approximate surface area is 122 Å². The van der Waals surface area contributed by atoms with Gasteiger partial charge >= 0.3 is 0 Å². The minimum Gasteiger partial charge on any atom is -0.361 e. The van der Waals surface area contributed by atoms with E-state index in [2.05, 4.69) is 16.4 Å². The number of aromatic amines is 1. The summed E-state index contributed by atoms with van der Waals surface area (Å²) < 4.78 is 0. The number of aryl methyl sites for hydroxylation is 1. The molecule has 1 amide bonds. The van der Waals surface area contributed by atoms with Gasteiger partial charge in [0.05, 0.1) is 22.7 Å². The maximum absolute atomic E-state index is 12.5. The van der Waals surface area contributed by atoms with E-state index in [1.165, 1.54) is 0 Å². The standard InChI is InChI=1S/C17H13N3O/c1-11-5-6-12(10-18)9-15(11)20-17(21)14-4-2-3-13-7-8-19-16(13)14/h2-9,19H,1H3,(H,20,21). The van der Waals surface area contributed by atoms with E-state index in [0.29, 0.717) is 16.8 Å². The monoisotopic (exact) mass is 275 g/mol. The number of hydrogen-bond donors (Lipinski definition) is 2. The quantitative estimate of drug-likeness (QED) is 0.750. The number of rotatable bonds is 2. The van der Waals surface area contributed by atoms with E-state index in [-0.39, 0.29) is 5.91 Å². The van der Waals surface area contributed by atoms with Gasteiger partial charge in [0.2, 0.25) is 0 Å². The van der Waals surface area contributed by atoms with E-state index in [9.17, 15) is 4.79 Å². The van der Waals surface area contributed by atoms with Crippen molar-refractivity contribution >= 4 is 22.5 Å². The van der Waals surface area contributed by atoms with Gasteiger partial charge in [-0.2, -0.15) is 5.26 Å². The van der Waals surface area contributed by atoms with Crippen LogP contribution in [0, 0.1) is 18.3 Å². The molecule has 3 rings (SSSR count). The molecule has 0 unspecified atom stereocenters. The molecule has 1 aromatic heterocycles. The first kappa shape index (κ1) is 12.9. The lowest BCUT2D eigenvalue weighted by atomic mass is 10.1. The lowest BCUT2D eigenvalue weighted by Gasteiger charge is -2.09. The molecule has 3 aromatic rings. The van der Waals surface area contributed by atoms with Crippen LogP contribution in [0.5, 0.6) is 0 Å². The number of amides is 1. The number of aromatic nitrogens is 1. The highest BCUT2D eigenvalue weighted by atomic mass is 16.1. The Morgan fingerprint density at radius 2 is 2.10 bits per heavy atom. The molecule has 0 saturated carbocycles. The summed E-state index contributed by atoms with van der Waals surface area (Å²) in [6.45, 7) is 1.89. The lowest BCUT2D eigenvalue weighted by Crippen LogP contribution is -2.13. The molecular weight excluding hydrogens is 262 g/mol. The van der Waals surface area contributed by atoms with Crippen molar-refractivity contribution in [3.05, 3.63) is 65.4 Å². The third kappa shape index (κ3) is 2.37. The van der Waals surface area contributed by atoms with Gasteiger partial charge in [-0.3, -0.25) is 4.79 Å². The molecule has 0 aliphatic carbocycles. The number of hydrogen-bond acceptors (Lipinski definition) is 2. The van der Waals surface area contributed by atoms with Crippen LogP contribution in [-0.4, -0.2) is 10.9 Å². The van der Waals surface area contributed by atoms with E-state index >= 15 is 0 Å². The smallest absolute Gasteiger partial charge is 0.257 e. The second kappa shape index (κ2) is 5.14. The van der Waals surface area contributed by atoms with Crippen molar-refractivity contribution in [1.29, 1.82) is 5.26 Å². The van der Waals surface area contributed by atoms with Crippen LogP contribution in [0.25, 0.3) is 10.9 Å². The van der Waals surface area contributed by atoms with Gasteiger partial charge in [-0.05, 0) is 36.8 Å². The molecule has 0 bridgehead atoms. The lowest BCUT2D eigenvalue weighted by molar-refractivity contribution is 0.102. The minimum absolute atomic E-state index is 0.193. The number of para-hydroxylation sites is 1. The Bertz CT molecular complexity index is 871. The highest BCUT2D eigenvalue weighted by molar-refractivity contribution is 6.12. The van der Waals surface area contributed by atoms with E-state index in [0.717, 1.165) is 16.5 Å². The van der Waals surface area contributed by atoms with Gasteiger partial charge < -0.3 is 10.3 Å². The predicted molar refractivity (Wildman–Crippen MR) is 82.1 cm³/mol. The summed E-state index contributed by atoms with van der Waals surface area (Å²) in [6.07, 6.45) is 1.81. The second-order valence-electron chi connectivity index (χ2n) is 4.84. The van der Waals surface area contributed by atoms with Crippen molar-refractivity contribution in [2.24, 2.45) is 0 Å². The molecule has 21 heavy (non-hydrogen) atoms. The van der Waals surface area contributed by atoms with E-state index in [1.54, 1.807) is 18.2 Å². The van der Waals surface area contributed by atoms with Crippen LogP contribution in [0.4, 0.5) is 5.69 Å². The summed E-state index contributed by atoms with van der Waals surface area (Å²) in [5.74, 6) is -0.193. The average Bonchev–Trinajstić information content (AvgIpc) is 2.97. The zero-order valence-electron chi connectivity index (χ0n) is 11.5. The number of nitrogens with zero attached hydrogens (tertiary/aromatic N) is 1. The first-order chi connectivity index (χ1) is 10.2. The van der Waals surface area contributed by atoms with Gasteiger partial charge in [-0.1, -0.05) is 18.2 Å². The number of fused-ring (bicyclic) bond motifs is 1. The fourth-order valence-electron chi connectivity index (χ4n) is 2.29. The van der Waals surface area contributed by atoms with Crippen molar-refractivity contribution in [2.45, 2.75) is 6.92 Å². The Balaban J connectivity index is 1.97. The number of nitriles is 1. The molecule has 4 heteroatoms. The molecule has 0 aliphatic heterocycles. The first-order valence-electron chi connectivity index (χ1n) is 6.57. The number of H-pyrrole nitrogens is 1. The number of benzene rings is 2. The third-order valence-corrected chi connectivity index (χ3v) is 3.45. The Kier molecular flexibility index (Phi) is 3.17. The van der Waals surface area contributed by atoms with E-state index < -0.39 is 0 Å². The van der Waals surface area contributed by atoms with Crippen LogP contribution in [-0.2, 0) is 0 Å². The Morgan fingerprint density at radius 1 is 1.24 bits per heavy atom. The van der Waals surface area contributed by atoms with Crippen LogP contribution in [0.15, 0.2) is 48.7 Å². The molecule has 0 aliphatic rings. The molecule has 0 radical (unpaired) electrons. The first-order valence-corrected chi connectivity index (χ1v) is 6.57. The maximum atomic E-state index is 12.5. The number of anilines is 1. The van der Waals surface area contributed by atoms with Gasteiger partial charge in [0.25, 0.3) is 5.91 Å². The molecular formula is C17H13N3O. The highest BCUT2D eigenvalue weighted by Gasteiger charge is 2.12. The summed E-state index contributed by atoms with van der Waals surface area (Å²) >= 11 is 0. The molecule has 1 heterocycles. The van der Waals surface area contributed by atoms with Crippen LogP contribution >= 0.6 is 0 Å². The molecule has 0 fully saturated rings. The van der Waals surface area contributed by atoms with Gasteiger partial charge in [0.15, 0.2) is 0 Å². The number of nitrogens with one attached hydrogen (secondary N) is 2. The molecule has 4 nitrogen and oxygen atoms in total. The normalized spacial score (nSPS) is 10.3. The molecule has 2 N–H and O–H groups in total. The second-order valence-corrected chi connectivity index (χ2v) is 4.84. The molecule has 102 valence electrons. The Hall–Kier alpha value is -3.06. The maximum Gasteiger partial charge on any atom is 0.257 e. The zero-order valence-corrected chi connectivity index (χ0v) is 11.5. The van der Waals surface area contributed by atoms with Gasteiger partial charge in [-0.15, -0.1) is 0 Å². The fraction of sp³-hybridized carbons (Fsp3) is 0.0588. The van der Waals surface area contributed by atoms with Crippen molar-refractivity contribution < 1.29 is 4.79 Å². The molecule has 0 saturated heterocycles. The minimum atomic E-state index is -0.193. The van der Waals surface area contributed by atoms with Gasteiger partial charge in [0.1, 0.15) is 0 Å². The average molecular weight is 275 g/mol. The number of carbonyl (C=O) groups excluding carboxylic acids is 1. The topological polar surface area (TPSA) is 68.7 Å². The zero-order chi connectivity index (χ0) is 14.8. The molecule has 0 spiro atoms. The van der Waals surface area contributed by atoms with Crippen molar-refractivity contribution in [3.63, 3.8) is 0 Å². The van der Waals surface area contributed by atoms with Crippen LogP contribution < -0.4 is 5.32 Å². The largest absolute Gasteiger partial charge is 0.361 e. The van der Waals surface area contributed by atoms with Crippen molar-refractivity contribution in [3.8, 4) is 6.07 Å². The SMILES string of the molecule is Cc1ccc(C#N)cc1NC(=O)c1cccc2cc[nH]c12. The fourth-order valence-corrected chi connectivity index (χ4v) is 2.29. The van der Waals surface area contributed by atoms with Crippen molar-refractivity contribution in [1.82, 2.24) is 4.98 Å². The van der Waals surface area contributed by atoms with E-state index in [1.807, 2.05) is 37.4 Å². The summed E-state index contributed by atoms with van der Waals surface area (Å²) in [5, 5.41) is 12.8. The summed E-state index contributed by atoms with van der Waals surface area (Å²) in [7, 11) is 0. The number of carbonyl (C=O) groups is 1. The van der Waals surface area contributed by atoms with Crippen LogP contribution in [0.3, 0.4) is 0 Å². The van der Waals surface area contributed by atoms with Crippen LogP contribution in [0.1, 0.15) is 21.5 Å². The summed E-state index contributed by atoms with van der Waals surface area (Å²) in [6, 6.07) is 14.8. The summed E-state index contributed by atoms with van der Waals surface area (Å²) in [4.78, 5) is 15.5. The molecule has 0 atom stereocenters. The molecule has 2 aromatic carbocycles. The summed E-state index contributed by atoms with van der Waals surface area (Å²) in [5.41, 5.74) is 3.49. The van der Waals surface area contributed by atoms with Crippen molar-refractivity contribution in [2.75, 3.05) is 5.32 Å². The van der Waals surface area contributed by atoms with Gasteiger partial charge in [-0.25, -0.2) is 0 Å². The third-order valence-electron chi connectivity index (χ3n) is 3.45. The Morgan fingerprint density at radius 3 is 2.90 bits per heavy atom. The van der Waals surface area contributed by atoms with Gasteiger partial charge in [0, 0.05) is 17.3 Å². The predicted octanol–water partition coefficient (Wildman–Crippen LogP) is 3.60. The van der Waals surface area contributed by atoms with E-state index in [4.69, 9.17) is 5.26 Å².